The van der Waals surface area contributed by atoms with Gasteiger partial charge in [0, 0.05) is 19.6 Å². The minimum absolute atomic E-state index is 0.0247. The SMILES string of the molecule is CCCCCC(CCN1CCNC1=O)[Si](O)(Br)Br. The second-order valence-electron chi connectivity index (χ2n) is 4.79. The number of nitrogens with zero attached hydrogens (tertiary/aromatic N) is 1. The molecule has 0 spiro atoms. The average Bonchev–Trinajstić information content (AvgIpc) is 2.67. The monoisotopic (exact) mass is 400 g/mol. The number of carbonyl (C=O) groups is 1. The second-order valence-corrected chi connectivity index (χ2v) is 17.2. The fourth-order valence-corrected chi connectivity index (χ4v) is 5.94. The van der Waals surface area contributed by atoms with Gasteiger partial charge >= 0.3 is 11.6 Å². The molecule has 1 unspecified atom stereocenters. The van der Waals surface area contributed by atoms with Crippen LogP contribution in [0.4, 0.5) is 4.79 Å². The van der Waals surface area contributed by atoms with Crippen LogP contribution in [0.3, 0.4) is 0 Å². The van der Waals surface area contributed by atoms with Gasteiger partial charge in [-0.15, -0.1) is 0 Å². The maximum atomic E-state index is 11.4. The van der Waals surface area contributed by atoms with Crippen LogP contribution in [-0.4, -0.2) is 40.9 Å². The molecule has 0 radical (unpaired) electrons. The number of carbonyl (C=O) groups excluding carboxylic acids is 1. The predicted molar refractivity (Wildman–Crippen MR) is 83.3 cm³/mol. The van der Waals surface area contributed by atoms with E-state index in [2.05, 4.69) is 42.8 Å². The molecular weight excluding hydrogens is 380 g/mol. The van der Waals surface area contributed by atoms with E-state index in [9.17, 15) is 9.59 Å². The Morgan fingerprint density at radius 2 is 2.17 bits per heavy atom. The Balaban J connectivity index is 2.38. The second kappa shape index (κ2) is 7.87. The van der Waals surface area contributed by atoms with Crippen LogP contribution in [0, 0.1) is 0 Å². The first kappa shape index (κ1) is 16.5. The highest BCUT2D eigenvalue weighted by atomic mass is 79.9. The van der Waals surface area contributed by atoms with E-state index in [1.54, 1.807) is 0 Å². The van der Waals surface area contributed by atoms with Crippen LogP contribution in [0.25, 0.3) is 0 Å². The molecule has 1 rings (SSSR count). The van der Waals surface area contributed by atoms with Crippen LogP contribution in [-0.2, 0) is 0 Å². The van der Waals surface area contributed by atoms with Gasteiger partial charge < -0.3 is 15.0 Å². The van der Waals surface area contributed by atoms with E-state index in [4.69, 9.17) is 0 Å². The Kier molecular flexibility index (Phi) is 7.19. The van der Waals surface area contributed by atoms with Crippen molar-refractivity contribution >= 4 is 42.2 Å². The molecule has 0 bridgehead atoms. The fourth-order valence-electron chi connectivity index (χ4n) is 2.17. The molecule has 2 N–H and O–H groups in total. The summed E-state index contributed by atoms with van der Waals surface area (Å²) in [5.74, 6) is 0. The van der Waals surface area contributed by atoms with Crippen LogP contribution in [0.15, 0.2) is 0 Å². The number of unbranched alkanes of at least 4 members (excludes halogenated alkanes) is 2. The predicted octanol–water partition coefficient (Wildman–Crippen LogP) is 3.07. The number of rotatable bonds is 8. The van der Waals surface area contributed by atoms with E-state index in [0.717, 1.165) is 38.9 Å². The van der Waals surface area contributed by atoms with Crippen molar-refractivity contribution in [3.63, 3.8) is 0 Å². The normalized spacial score (nSPS) is 18.0. The van der Waals surface area contributed by atoms with E-state index in [0.29, 0.717) is 0 Å². The molecule has 1 atom stereocenters. The van der Waals surface area contributed by atoms with E-state index >= 15 is 0 Å². The third-order valence-corrected chi connectivity index (χ3v) is 8.78. The van der Waals surface area contributed by atoms with Crippen LogP contribution >= 0.6 is 30.6 Å². The molecule has 0 aromatic rings. The van der Waals surface area contributed by atoms with Gasteiger partial charge in [-0.3, -0.25) is 0 Å². The summed E-state index contributed by atoms with van der Waals surface area (Å²) in [6.07, 6.45) is 5.40. The molecule has 106 valence electrons. The van der Waals surface area contributed by atoms with Gasteiger partial charge in [-0.05, 0) is 18.4 Å². The first-order valence-electron chi connectivity index (χ1n) is 6.58. The lowest BCUT2D eigenvalue weighted by Crippen LogP contribution is -2.33. The van der Waals surface area contributed by atoms with Gasteiger partial charge in [0.05, 0.1) is 0 Å². The number of urea groups is 1. The average molecular weight is 402 g/mol. The summed E-state index contributed by atoms with van der Waals surface area (Å²) in [6.45, 7) is 4.43. The van der Waals surface area contributed by atoms with Gasteiger partial charge in [-0.25, -0.2) is 4.79 Å². The molecule has 18 heavy (non-hydrogen) atoms. The Labute approximate surface area is 126 Å². The summed E-state index contributed by atoms with van der Waals surface area (Å²) >= 11 is 6.83. The first-order valence-corrected chi connectivity index (χ1v) is 13.1. The molecule has 2 amide bonds. The van der Waals surface area contributed by atoms with Gasteiger partial charge in [0.25, 0.3) is 0 Å². The van der Waals surface area contributed by atoms with E-state index in [-0.39, 0.29) is 11.6 Å². The summed E-state index contributed by atoms with van der Waals surface area (Å²) in [4.78, 5) is 23.4. The maximum Gasteiger partial charge on any atom is 0.336 e. The van der Waals surface area contributed by atoms with E-state index in [1.165, 1.54) is 12.8 Å². The largest absolute Gasteiger partial charge is 0.415 e. The smallest absolute Gasteiger partial charge is 0.336 e. The Morgan fingerprint density at radius 3 is 2.67 bits per heavy atom. The molecule has 1 aliphatic heterocycles. The molecule has 0 aromatic heterocycles. The molecule has 4 nitrogen and oxygen atoms in total. The molecule has 1 heterocycles. The van der Waals surface area contributed by atoms with Crippen molar-refractivity contribution in [3.05, 3.63) is 0 Å². The summed E-state index contributed by atoms with van der Waals surface area (Å²) in [5, 5.41) is 2.80. The third kappa shape index (κ3) is 5.58. The zero-order valence-corrected chi connectivity index (χ0v) is 15.0. The highest BCUT2D eigenvalue weighted by Gasteiger charge is 2.35. The number of hydrogen-bond acceptors (Lipinski definition) is 2. The molecule has 0 aromatic carbocycles. The summed E-state index contributed by atoms with van der Waals surface area (Å²) < 4.78 is 0. The Hall–Kier alpha value is 0.407. The molecule has 0 saturated carbocycles. The number of halogens is 2. The standard InChI is InChI=1S/C11H22Br2N2O2Si/c1-2-3-4-5-10(18(12,13)17)6-8-15-9-7-14-11(15)16/h10,17H,2-9H2,1H3,(H,14,16). The van der Waals surface area contributed by atoms with Gasteiger partial charge in [0.2, 0.25) is 0 Å². The van der Waals surface area contributed by atoms with Crippen LogP contribution < -0.4 is 5.32 Å². The van der Waals surface area contributed by atoms with Crippen molar-refractivity contribution in [2.24, 2.45) is 0 Å². The quantitative estimate of drug-likeness (QED) is 0.373. The maximum absolute atomic E-state index is 11.4. The number of nitrogens with one attached hydrogen (secondary N) is 1. The molecule has 7 heteroatoms. The Morgan fingerprint density at radius 1 is 1.44 bits per heavy atom. The van der Waals surface area contributed by atoms with Crippen molar-refractivity contribution < 1.29 is 9.59 Å². The lowest BCUT2D eigenvalue weighted by atomic mass is 10.1. The minimum Gasteiger partial charge on any atom is -0.415 e. The molecule has 1 saturated heterocycles. The van der Waals surface area contributed by atoms with Crippen molar-refractivity contribution in [3.8, 4) is 0 Å². The lowest BCUT2D eigenvalue weighted by molar-refractivity contribution is 0.216. The topological polar surface area (TPSA) is 52.6 Å². The lowest BCUT2D eigenvalue weighted by Gasteiger charge is -2.25. The van der Waals surface area contributed by atoms with Crippen LogP contribution in [0.1, 0.15) is 39.0 Å². The van der Waals surface area contributed by atoms with Gasteiger partial charge in [0.1, 0.15) is 0 Å². The highest BCUT2D eigenvalue weighted by molar-refractivity contribution is 9.50. The third-order valence-electron chi connectivity index (χ3n) is 3.34. The molecule has 1 aliphatic rings. The number of amides is 2. The van der Waals surface area contributed by atoms with Crippen molar-refractivity contribution in [2.75, 3.05) is 19.6 Å². The summed E-state index contributed by atoms with van der Waals surface area (Å²) in [7, 11) is 0. The van der Waals surface area contributed by atoms with Crippen molar-refractivity contribution in [2.45, 2.75) is 44.6 Å². The minimum atomic E-state index is -2.46. The zero-order chi connectivity index (χ0) is 13.6. The molecule has 0 aliphatic carbocycles. The summed E-state index contributed by atoms with van der Waals surface area (Å²) in [5.41, 5.74) is -2.22. The van der Waals surface area contributed by atoms with Crippen LogP contribution in [0.5, 0.6) is 0 Å². The molecule has 1 fully saturated rings. The first-order chi connectivity index (χ1) is 8.45. The highest BCUT2D eigenvalue weighted by Crippen LogP contribution is 2.37. The Bertz CT molecular complexity index is 274. The molecular formula is C11H22Br2N2O2Si. The number of hydrogen-bond donors (Lipinski definition) is 2. The van der Waals surface area contributed by atoms with E-state index < -0.39 is 5.56 Å². The van der Waals surface area contributed by atoms with Crippen molar-refractivity contribution in [1.29, 1.82) is 0 Å². The van der Waals surface area contributed by atoms with Gasteiger partial charge in [-0.2, -0.15) is 0 Å². The van der Waals surface area contributed by atoms with Gasteiger partial charge in [-0.1, -0.05) is 56.8 Å². The fraction of sp³-hybridized carbons (Fsp3) is 0.909. The van der Waals surface area contributed by atoms with Crippen LogP contribution in [0.2, 0.25) is 5.54 Å². The zero-order valence-electron chi connectivity index (χ0n) is 10.8. The van der Waals surface area contributed by atoms with E-state index in [1.807, 2.05) is 4.90 Å². The van der Waals surface area contributed by atoms with Gasteiger partial charge in [0.15, 0.2) is 0 Å². The summed E-state index contributed by atoms with van der Waals surface area (Å²) in [6, 6.07) is 0.0247. The van der Waals surface area contributed by atoms with Crippen molar-refractivity contribution in [1.82, 2.24) is 10.2 Å².